The van der Waals surface area contributed by atoms with Gasteiger partial charge < -0.3 is 19.5 Å². The van der Waals surface area contributed by atoms with Crippen LogP contribution in [0.5, 0.6) is 17.2 Å². The number of hydrogen-bond donors (Lipinski definition) is 1. The van der Waals surface area contributed by atoms with Crippen LogP contribution in [0.25, 0.3) is 5.57 Å². The van der Waals surface area contributed by atoms with Crippen LogP contribution in [-0.4, -0.2) is 27.2 Å². The van der Waals surface area contributed by atoms with Gasteiger partial charge in [0, 0.05) is 29.5 Å². The average Bonchev–Trinajstić information content (AvgIpc) is 2.60. The maximum absolute atomic E-state index is 12.2. The first-order valence-corrected chi connectivity index (χ1v) is 7.43. The summed E-state index contributed by atoms with van der Waals surface area (Å²) in [7, 11) is 4.77. The first-order chi connectivity index (χ1) is 11.6. The van der Waals surface area contributed by atoms with Crippen LogP contribution < -0.4 is 19.5 Å². The largest absolute Gasteiger partial charge is 0.497 e. The molecule has 0 radical (unpaired) electrons. The van der Waals surface area contributed by atoms with E-state index in [9.17, 15) is 4.79 Å². The molecule has 0 heterocycles. The number of hydrogen-bond acceptors (Lipinski definition) is 4. The summed E-state index contributed by atoms with van der Waals surface area (Å²) in [6, 6.07) is 12.7. The molecule has 0 saturated heterocycles. The van der Waals surface area contributed by atoms with Crippen molar-refractivity contribution in [3.05, 3.63) is 54.1 Å². The number of benzene rings is 2. The lowest BCUT2D eigenvalue weighted by Gasteiger charge is -2.11. The Bertz CT molecular complexity index is 753. The highest BCUT2D eigenvalue weighted by atomic mass is 16.5. The normalized spacial score (nSPS) is 10.9. The maximum atomic E-state index is 12.2. The van der Waals surface area contributed by atoms with E-state index >= 15 is 0 Å². The van der Waals surface area contributed by atoms with E-state index in [-0.39, 0.29) is 5.91 Å². The number of allylic oxidation sites excluding steroid dienone is 1. The summed E-state index contributed by atoms with van der Waals surface area (Å²) < 4.78 is 15.7. The SMILES string of the molecule is COc1cccc(NC(=O)/C=C(\C)c2ccc(OC)cc2OC)c1. The first kappa shape index (κ1) is 17.4. The Hall–Kier alpha value is -2.95. The maximum Gasteiger partial charge on any atom is 0.248 e. The van der Waals surface area contributed by atoms with Crippen LogP contribution in [-0.2, 0) is 4.79 Å². The van der Waals surface area contributed by atoms with Crippen molar-refractivity contribution < 1.29 is 19.0 Å². The van der Waals surface area contributed by atoms with E-state index in [1.54, 1.807) is 39.5 Å². The highest BCUT2D eigenvalue weighted by molar-refractivity contribution is 6.04. The van der Waals surface area contributed by atoms with Gasteiger partial charge in [-0.25, -0.2) is 0 Å². The summed E-state index contributed by atoms with van der Waals surface area (Å²) >= 11 is 0. The van der Waals surface area contributed by atoms with Gasteiger partial charge in [0.1, 0.15) is 17.2 Å². The van der Waals surface area contributed by atoms with Crippen LogP contribution in [0.4, 0.5) is 5.69 Å². The third kappa shape index (κ3) is 4.29. The fourth-order valence-electron chi connectivity index (χ4n) is 2.28. The van der Waals surface area contributed by atoms with Crippen molar-refractivity contribution >= 4 is 17.2 Å². The molecule has 2 aromatic rings. The molecule has 0 aliphatic carbocycles. The molecule has 0 spiro atoms. The van der Waals surface area contributed by atoms with E-state index in [1.807, 2.05) is 31.2 Å². The number of carbonyl (C=O) groups is 1. The molecule has 0 aliphatic heterocycles. The molecule has 0 atom stereocenters. The zero-order chi connectivity index (χ0) is 17.5. The van der Waals surface area contributed by atoms with Crippen LogP contribution in [0.1, 0.15) is 12.5 Å². The molecule has 5 nitrogen and oxygen atoms in total. The second kappa shape index (κ2) is 8.06. The van der Waals surface area contributed by atoms with Crippen LogP contribution in [0.3, 0.4) is 0 Å². The molecule has 0 saturated carbocycles. The second-order valence-electron chi connectivity index (χ2n) is 5.11. The lowest BCUT2D eigenvalue weighted by molar-refractivity contribution is -0.111. The van der Waals surface area contributed by atoms with Gasteiger partial charge in [-0.1, -0.05) is 6.07 Å². The van der Waals surface area contributed by atoms with Gasteiger partial charge in [-0.3, -0.25) is 4.79 Å². The number of rotatable bonds is 6. The molecule has 1 N–H and O–H groups in total. The molecule has 24 heavy (non-hydrogen) atoms. The number of methoxy groups -OCH3 is 3. The molecular weight excluding hydrogens is 306 g/mol. The second-order valence-corrected chi connectivity index (χ2v) is 5.11. The predicted octanol–water partition coefficient (Wildman–Crippen LogP) is 3.75. The van der Waals surface area contributed by atoms with Crippen molar-refractivity contribution in [2.45, 2.75) is 6.92 Å². The molecule has 0 aromatic heterocycles. The topological polar surface area (TPSA) is 56.8 Å². The number of carbonyl (C=O) groups excluding carboxylic acids is 1. The monoisotopic (exact) mass is 327 g/mol. The minimum atomic E-state index is -0.223. The van der Waals surface area contributed by atoms with Crippen molar-refractivity contribution in [2.24, 2.45) is 0 Å². The van der Waals surface area contributed by atoms with Gasteiger partial charge in [0.15, 0.2) is 0 Å². The van der Waals surface area contributed by atoms with Crippen molar-refractivity contribution in [2.75, 3.05) is 26.6 Å². The fraction of sp³-hybridized carbons (Fsp3) is 0.211. The van der Waals surface area contributed by atoms with Crippen molar-refractivity contribution in [3.63, 3.8) is 0 Å². The third-order valence-corrected chi connectivity index (χ3v) is 3.52. The van der Waals surface area contributed by atoms with E-state index in [4.69, 9.17) is 14.2 Å². The van der Waals surface area contributed by atoms with Crippen LogP contribution in [0.15, 0.2) is 48.5 Å². The quantitative estimate of drug-likeness (QED) is 0.821. The third-order valence-electron chi connectivity index (χ3n) is 3.52. The average molecular weight is 327 g/mol. The Morgan fingerprint density at radius 3 is 2.33 bits per heavy atom. The number of nitrogens with one attached hydrogen (secondary N) is 1. The van der Waals surface area contributed by atoms with Gasteiger partial charge in [-0.15, -0.1) is 0 Å². The van der Waals surface area contributed by atoms with Crippen LogP contribution in [0.2, 0.25) is 0 Å². The molecule has 0 fully saturated rings. The summed E-state index contributed by atoms with van der Waals surface area (Å²) in [5.74, 6) is 1.81. The van der Waals surface area contributed by atoms with E-state index in [1.165, 1.54) is 6.08 Å². The molecule has 126 valence electrons. The minimum absolute atomic E-state index is 0.223. The molecule has 0 bridgehead atoms. The number of amides is 1. The fourth-order valence-corrected chi connectivity index (χ4v) is 2.28. The lowest BCUT2D eigenvalue weighted by Crippen LogP contribution is -2.08. The molecular formula is C19H21NO4. The van der Waals surface area contributed by atoms with Crippen molar-refractivity contribution in [1.29, 1.82) is 0 Å². The van der Waals surface area contributed by atoms with Crippen molar-refractivity contribution in [1.82, 2.24) is 0 Å². The van der Waals surface area contributed by atoms with E-state index < -0.39 is 0 Å². The molecule has 2 rings (SSSR count). The lowest BCUT2D eigenvalue weighted by atomic mass is 10.1. The molecule has 2 aromatic carbocycles. The Labute approximate surface area is 141 Å². The summed E-state index contributed by atoms with van der Waals surface area (Å²) in [5, 5.41) is 2.82. The number of anilines is 1. The molecule has 0 aliphatic rings. The molecule has 0 unspecified atom stereocenters. The van der Waals surface area contributed by atoms with Crippen molar-refractivity contribution in [3.8, 4) is 17.2 Å². The predicted molar refractivity (Wildman–Crippen MR) is 94.8 cm³/mol. The van der Waals surface area contributed by atoms with Gasteiger partial charge in [0.2, 0.25) is 5.91 Å². The molecule has 1 amide bonds. The standard InChI is InChI=1S/C19H21NO4/c1-13(17-9-8-16(23-3)12-18(17)24-4)10-19(21)20-14-6-5-7-15(11-14)22-2/h5-12H,1-4H3,(H,20,21)/b13-10+. The Morgan fingerprint density at radius 1 is 0.958 bits per heavy atom. The Kier molecular flexibility index (Phi) is 5.84. The summed E-state index contributed by atoms with van der Waals surface area (Å²) in [6.07, 6.45) is 1.53. The zero-order valence-corrected chi connectivity index (χ0v) is 14.3. The van der Waals surface area contributed by atoms with Crippen LogP contribution >= 0.6 is 0 Å². The Balaban J connectivity index is 2.19. The van der Waals surface area contributed by atoms with Gasteiger partial charge in [-0.05, 0) is 36.8 Å². The summed E-state index contributed by atoms with van der Waals surface area (Å²) in [6.45, 7) is 1.86. The van der Waals surface area contributed by atoms with E-state index in [0.717, 1.165) is 11.1 Å². The highest BCUT2D eigenvalue weighted by Crippen LogP contribution is 2.30. The van der Waals surface area contributed by atoms with Gasteiger partial charge in [0.25, 0.3) is 0 Å². The zero-order valence-electron chi connectivity index (χ0n) is 14.3. The minimum Gasteiger partial charge on any atom is -0.497 e. The van der Waals surface area contributed by atoms with Gasteiger partial charge >= 0.3 is 0 Å². The first-order valence-electron chi connectivity index (χ1n) is 7.43. The van der Waals surface area contributed by atoms with Gasteiger partial charge in [0.05, 0.1) is 21.3 Å². The van der Waals surface area contributed by atoms with E-state index in [2.05, 4.69) is 5.32 Å². The molecule has 5 heteroatoms. The van der Waals surface area contributed by atoms with E-state index in [0.29, 0.717) is 22.9 Å². The smallest absolute Gasteiger partial charge is 0.248 e. The number of ether oxygens (including phenoxy) is 3. The van der Waals surface area contributed by atoms with Crippen LogP contribution in [0, 0.1) is 0 Å². The highest BCUT2D eigenvalue weighted by Gasteiger charge is 2.09. The van der Waals surface area contributed by atoms with Gasteiger partial charge in [-0.2, -0.15) is 0 Å². The summed E-state index contributed by atoms with van der Waals surface area (Å²) in [5.41, 5.74) is 2.29. The summed E-state index contributed by atoms with van der Waals surface area (Å²) in [4.78, 5) is 12.2. The Morgan fingerprint density at radius 2 is 1.67 bits per heavy atom.